The minimum atomic E-state index is 0.0124. The Bertz CT molecular complexity index is 359. The summed E-state index contributed by atoms with van der Waals surface area (Å²) in [5, 5.41) is 0.706. The van der Waals surface area contributed by atoms with Crippen LogP contribution in [0.3, 0.4) is 0 Å². The summed E-state index contributed by atoms with van der Waals surface area (Å²) in [6, 6.07) is 5.37. The highest BCUT2D eigenvalue weighted by molar-refractivity contribution is 6.31. The molecular weight excluding hydrogens is 212 g/mol. The van der Waals surface area contributed by atoms with Crippen LogP contribution in [0.4, 0.5) is 0 Å². The fourth-order valence-electron chi connectivity index (χ4n) is 1.03. The van der Waals surface area contributed by atoms with Crippen LogP contribution in [0.1, 0.15) is 19.4 Å². The zero-order chi connectivity index (χ0) is 11.4. The van der Waals surface area contributed by atoms with E-state index in [0.717, 1.165) is 5.56 Å². The van der Waals surface area contributed by atoms with Gasteiger partial charge in [0.05, 0.1) is 0 Å². The summed E-state index contributed by atoms with van der Waals surface area (Å²) in [5.74, 6) is 0.798. The van der Waals surface area contributed by atoms with E-state index < -0.39 is 0 Å². The van der Waals surface area contributed by atoms with Crippen molar-refractivity contribution in [2.75, 3.05) is 6.61 Å². The maximum Gasteiger partial charge on any atom is 0.172 e. The molecule has 0 N–H and O–H groups in total. The molecule has 1 aromatic rings. The second kappa shape index (κ2) is 5.17. The van der Waals surface area contributed by atoms with Crippen LogP contribution >= 0.6 is 11.6 Å². The number of carbonyl (C=O) groups is 1. The molecule has 3 heteroatoms. The predicted molar refractivity (Wildman–Crippen MR) is 61.5 cm³/mol. The first kappa shape index (κ1) is 12.1. The van der Waals surface area contributed by atoms with Gasteiger partial charge in [-0.2, -0.15) is 0 Å². The smallest absolute Gasteiger partial charge is 0.172 e. The van der Waals surface area contributed by atoms with Crippen LogP contribution in [0, 0.1) is 12.8 Å². The van der Waals surface area contributed by atoms with Crippen LogP contribution in [-0.2, 0) is 4.79 Å². The number of rotatable bonds is 4. The zero-order valence-corrected chi connectivity index (χ0v) is 9.97. The maximum atomic E-state index is 11.3. The molecule has 0 heterocycles. The van der Waals surface area contributed by atoms with Crippen LogP contribution in [0.15, 0.2) is 18.2 Å². The first-order chi connectivity index (χ1) is 7.00. The summed E-state index contributed by atoms with van der Waals surface area (Å²) >= 11 is 5.87. The first-order valence-electron chi connectivity index (χ1n) is 4.92. The number of carbonyl (C=O) groups excluding carboxylic acids is 1. The van der Waals surface area contributed by atoms with E-state index >= 15 is 0 Å². The highest BCUT2D eigenvalue weighted by Crippen LogP contribution is 2.21. The Kier molecular flexibility index (Phi) is 4.15. The molecule has 0 saturated carbocycles. The third-order valence-electron chi connectivity index (χ3n) is 2.15. The summed E-state index contributed by atoms with van der Waals surface area (Å²) in [6.45, 7) is 5.75. The summed E-state index contributed by atoms with van der Waals surface area (Å²) in [7, 11) is 0. The molecule has 0 aliphatic carbocycles. The number of ether oxygens (including phenoxy) is 1. The number of hydrogen-bond donors (Lipinski definition) is 0. The fraction of sp³-hybridized carbons (Fsp3) is 0.417. The Morgan fingerprint density at radius 2 is 2.13 bits per heavy atom. The van der Waals surface area contributed by atoms with E-state index in [-0.39, 0.29) is 18.3 Å². The second-order valence-electron chi connectivity index (χ2n) is 3.82. The summed E-state index contributed by atoms with van der Waals surface area (Å²) < 4.78 is 5.36. The minimum absolute atomic E-state index is 0.0124. The van der Waals surface area contributed by atoms with Crippen molar-refractivity contribution in [1.82, 2.24) is 0 Å². The van der Waals surface area contributed by atoms with Crippen molar-refractivity contribution in [3.8, 4) is 5.75 Å². The minimum Gasteiger partial charge on any atom is -0.486 e. The Balaban J connectivity index is 2.58. The first-order valence-corrected chi connectivity index (χ1v) is 5.30. The molecule has 0 unspecified atom stereocenters. The number of hydrogen-bond acceptors (Lipinski definition) is 2. The normalized spacial score (nSPS) is 10.5. The molecule has 0 amide bonds. The van der Waals surface area contributed by atoms with Gasteiger partial charge in [0.15, 0.2) is 5.78 Å². The Morgan fingerprint density at radius 1 is 1.47 bits per heavy atom. The lowest BCUT2D eigenvalue weighted by molar-refractivity contribution is -0.123. The largest absolute Gasteiger partial charge is 0.486 e. The average molecular weight is 227 g/mol. The molecule has 0 aliphatic heterocycles. The Labute approximate surface area is 95.2 Å². The van der Waals surface area contributed by atoms with Crippen molar-refractivity contribution in [1.29, 1.82) is 0 Å². The molecule has 1 aromatic carbocycles. The van der Waals surface area contributed by atoms with Gasteiger partial charge in [-0.25, -0.2) is 0 Å². The van der Waals surface area contributed by atoms with E-state index in [1.165, 1.54) is 0 Å². The highest BCUT2D eigenvalue weighted by atomic mass is 35.5. The second-order valence-corrected chi connectivity index (χ2v) is 4.23. The lowest BCUT2D eigenvalue weighted by Crippen LogP contribution is -2.16. The number of benzene rings is 1. The van der Waals surface area contributed by atoms with Gasteiger partial charge in [0.2, 0.25) is 0 Å². The van der Waals surface area contributed by atoms with Crippen molar-refractivity contribution in [2.24, 2.45) is 5.92 Å². The Hall–Kier alpha value is -1.02. The maximum absolute atomic E-state index is 11.3. The molecule has 1 rings (SSSR count). The lowest BCUT2D eigenvalue weighted by Gasteiger charge is -2.08. The molecule has 0 radical (unpaired) electrons. The van der Waals surface area contributed by atoms with E-state index in [4.69, 9.17) is 16.3 Å². The van der Waals surface area contributed by atoms with Gasteiger partial charge in [-0.1, -0.05) is 25.4 Å². The molecular formula is C12H15ClO2. The summed E-state index contributed by atoms with van der Waals surface area (Å²) in [4.78, 5) is 11.3. The predicted octanol–water partition coefficient (Wildman–Crippen LogP) is 3.25. The van der Waals surface area contributed by atoms with Gasteiger partial charge >= 0.3 is 0 Å². The van der Waals surface area contributed by atoms with Crippen molar-refractivity contribution < 1.29 is 9.53 Å². The van der Waals surface area contributed by atoms with E-state index in [2.05, 4.69) is 0 Å². The Morgan fingerprint density at radius 3 is 2.67 bits per heavy atom. The van der Waals surface area contributed by atoms with Crippen LogP contribution in [0.2, 0.25) is 5.02 Å². The molecule has 0 atom stereocenters. The highest BCUT2D eigenvalue weighted by Gasteiger charge is 2.08. The van der Waals surface area contributed by atoms with Crippen LogP contribution < -0.4 is 4.74 Å². The topological polar surface area (TPSA) is 26.3 Å². The van der Waals surface area contributed by atoms with E-state index in [0.29, 0.717) is 10.8 Å². The molecule has 0 bridgehead atoms. The average Bonchev–Trinajstić information content (AvgIpc) is 2.19. The van der Waals surface area contributed by atoms with E-state index in [9.17, 15) is 4.79 Å². The van der Waals surface area contributed by atoms with Gasteiger partial charge in [0.1, 0.15) is 12.4 Å². The van der Waals surface area contributed by atoms with E-state index in [1.807, 2.05) is 26.8 Å². The molecule has 0 fully saturated rings. The number of Topliss-reactive ketones (excluding diaryl/α,β-unsaturated/α-hetero) is 1. The van der Waals surface area contributed by atoms with Crippen LogP contribution in [0.25, 0.3) is 0 Å². The molecule has 0 aliphatic rings. The van der Waals surface area contributed by atoms with Gasteiger partial charge in [-0.15, -0.1) is 0 Å². The summed E-state index contributed by atoms with van der Waals surface area (Å²) in [5.41, 5.74) is 0.950. The molecule has 15 heavy (non-hydrogen) atoms. The third kappa shape index (κ3) is 3.56. The number of aryl methyl sites for hydroxylation is 1. The molecule has 82 valence electrons. The standard InChI is InChI=1S/C12H15ClO2/c1-8(2)12(14)7-15-10-4-5-11(13)9(3)6-10/h4-6,8H,7H2,1-3H3. The monoisotopic (exact) mass is 226 g/mol. The van der Waals surface area contributed by atoms with Gasteiger partial charge in [0, 0.05) is 10.9 Å². The van der Waals surface area contributed by atoms with Gasteiger partial charge < -0.3 is 4.74 Å². The van der Waals surface area contributed by atoms with E-state index in [1.54, 1.807) is 12.1 Å². The zero-order valence-electron chi connectivity index (χ0n) is 9.21. The molecule has 2 nitrogen and oxygen atoms in total. The molecule has 0 saturated heterocycles. The van der Waals surface area contributed by atoms with Crippen molar-refractivity contribution in [3.05, 3.63) is 28.8 Å². The van der Waals surface area contributed by atoms with Gasteiger partial charge in [-0.3, -0.25) is 4.79 Å². The van der Waals surface area contributed by atoms with Crippen LogP contribution in [0.5, 0.6) is 5.75 Å². The fourth-order valence-corrected chi connectivity index (χ4v) is 1.15. The van der Waals surface area contributed by atoms with Gasteiger partial charge in [0.25, 0.3) is 0 Å². The summed E-state index contributed by atoms with van der Waals surface area (Å²) in [6.07, 6.45) is 0. The van der Waals surface area contributed by atoms with Crippen molar-refractivity contribution >= 4 is 17.4 Å². The van der Waals surface area contributed by atoms with Crippen molar-refractivity contribution in [3.63, 3.8) is 0 Å². The van der Waals surface area contributed by atoms with Crippen molar-refractivity contribution in [2.45, 2.75) is 20.8 Å². The molecule has 0 spiro atoms. The molecule has 0 aromatic heterocycles. The van der Waals surface area contributed by atoms with Gasteiger partial charge in [-0.05, 0) is 30.7 Å². The third-order valence-corrected chi connectivity index (χ3v) is 2.58. The SMILES string of the molecule is Cc1cc(OCC(=O)C(C)C)ccc1Cl. The quantitative estimate of drug-likeness (QED) is 0.788. The van der Waals surface area contributed by atoms with Crippen LogP contribution in [-0.4, -0.2) is 12.4 Å². The lowest BCUT2D eigenvalue weighted by atomic mass is 10.1. The number of halogens is 1. The number of ketones is 1.